The molecule has 1 rings (SSSR count). The second-order valence-electron chi connectivity index (χ2n) is 4.56. The number of carbonyl (C=O) groups is 1. The van der Waals surface area contributed by atoms with Crippen LogP contribution in [0, 0.1) is 5.92 Å². The van der Waals surface area contributed by atoms with Crippen LogP contribution >= 0.6 is 0 Å². The van der Waals surface area contributed by atoms with Gasteiger partial charge in [-0.05, 0) is 45.7 Å². The van der Waals surface area contributed by atoms with E-state index in [0.717, 1.165) is 25.9 Å². The molecule has 0 aliphatic carbocycles. The molecule has 1 aliphatic heterocycles. The molecule has 0 amide bonds. The molecule has 1 unspecified atom stereocenters. The highest BCUT2D eigenvalue weighted by Crippen LogP contribution is 2.14. The number of piperidine rings is 1. The van der Waals surface area contributed by atoms with Crippen LogP contribution < -0.4 is 5.32 Å². The molecule has 4 heteroatoms. The molecule has 1 fully saturated rings. The maximum atomic E-state index is 11.5. The van der Waals surface area contributed by atoms with E-state index in [0.29, 0.717) is 25.6 Å². The number of hydrogen-bond donors (Lipinski definition) is 1. The SMILES string of the molecule is CC(C)OCCOC(=O)CC1CCCNC1. The summed E-state index contributed by atoms with van der Waals surface area (Å²) in [6, 6.07) is 0. The third kappa shape index (κ3) is 6.08. The van der Waals surface area contributed by atoms with Crippen LogP contribution in [0.15, 0.2) is 0 Å². The first kappa shape index (κ1) is 13.5. The maximum absolute atomic E-state index is 11.5. The van der Waals surface area contributed by atoms with Crippen LogP contribution in [0.4, 0.5) is 0 Å². The van der Waals surface area contributed by atoms with Gasteiger partial charge in [-0.1, -0.05) is 0 Å². The summed E-state index contributed by atoms with van der Waals surface area (Å²) in [5.74, 6) is 0.355. The third-order valence-electron chi connectivity index (χ3n) is 2.65. The van der Waals surface area contributed by atoms with Crippen molar-refractivity contribution in [2.24, 2.45) is 5.92 Å². The highest BCUT2D eigenvalue weighted by atomic mass is 16.6. The standard InChI is InChI=1S/C12H23NO3/c1-10(2)15-6-7-16-12(14)8-11-4-3-5-13-9-11/h10-11,13H,3-9H2,1-2H3. The monoisotopic (exact) mass is 229 g/mol. The van der Waals surface area contributed by atoms with Gasteiger partial charge in [0.25, 0.3) is 0 Å². The molecule has 0 aromatic rings. The van der Waals surface area contributed by atoms with Crippen molar-refractivity contribution in [1.29, 1.82) is 0 Å². The van der Waals surface area contributed by atoms with Crippen molar-refractivity contribution < 1.29 is 14.3 Å². The van der Waals surface area contributed by atoms with Crippen LogP contribution in [-0.2, 0) is 14.3 Å². The van der Waals surface area contributed by atoms with Gasteiger partial charge in [0.2, 0.25) is 0 Å². The molecule has 1 atom stereocenters. The van der Waals surface area contributed by atoms with Crippen molar-refractivity contribution in [3.63, 3.8) is 0 Å². The molecule has 0 saturated carbocycles. The van der Waals surface area contributed by atoms with Crippen molar-refractivity contribution in [2.75, 3.05) is 26.3 Å². The van der Waals surface area contributed by atoms with Gasteiger partial charge in [0, 0.05) is 6.42 Å². The molecule has 1 heterocycles. The summed E-state index contributed by atoms with van der Waals surface area (Å²) in [4.78, 5) is 11.5. The van der Waals surface area contributed by atoms with Gasteiger partial charge in [-0.25, -0.2) is 0 Å². The molecule has 94 valence electrons. The molecule has 1 N–H and O–H groups in total. The molecular weight excluding hydrogens is 206 g/mol. The molecule has 1 saturated heterocycles. The van der Waals surface area contributed by atoms with E-state index in [1.54, 1.807) is 0 Å². The molecule has 0 radical (unpaired) electrons. The fourth-order valence-electron chi connectivity index (χ4n) is 1.83. The Hall–Kier alpha value is -0.610. The van der Waals surface area contributed by atoms with E-state index in [-0.39, 0.29) is 12.1 Å². The van der Waals surface area contributed by atoms with Crippen LogP contribution in [0.2, 0.25) is 0 Å². The average Bonchev–Trinajstić information content (AvgIpc) is 2.25. The zero-order chi connectivity index (χ0) is 11.8. The maximum Gasteiger partial charge on any atom is 0.306 e. The second kappa shape index (κ2) is 7.63. The highest BCUT2D eigenvalue weighted by Gasteiger charge is 2.17. The average molecular weight is 229 g/mol. The summed E-state index contributed by atoms with van der Waals surface area (Å²) >= 11 is 0. The first-order chi connectivity index (χ1) is 7.68. The zero-order valence-corrected chi connectivity index (χ0v) is 10.3. The minimum absolute atomic E-state index is 0.0962. The predicted octanol–water partition coefficient (Wildman–Crippen LogP) is 1.34. The molecule has 16 heavy (non-hydrogen) atoms. The molecule has 4 nitrogen and oxygen atoms in total. The van der Waals surface area contributed by atoms with E-state index < -0.39 is 0 Å². The smallest absolute Gasteiger partial charge is 0.306 e. The summed E-state index contributed by atoms with van der Waals surface area (Å²) in [5, 5.41) is 3.29. The fraction of sp³-hybridized carbons (Fsp3) is 0.917. The van der Waals surface area contributed by atoms with Crippen molar-refractivity contribution in [3.8, 4) is 0 Å². The minimum atomic E-state index is -0.0962. The normalized spacial score (nSPS) is 21.1. The highest BCUT2D eigenvalue weighted by molar-refractivity contribution is 5.69. The van der Waals surface area contributed by atoms with E-state index in [2.05, 4.69) is 5.32 Å². The molecule has 0 aromatic heterocycles. The Balaban J connectivity index is 2.01. The van der Waals surface area contributed by atoms with Crippen LogP contribution in [0.25, 0.3) is 0 Å². The minimum Gasteiger partial charge on any atom is -0.463 e. The van der Waals surface area contributed by atoms with Gasteiger partial charge in [0.1, 0.15) is 6.61 Å². The Labute approximate surface area is 97.7 Å². The van der Waals surface area contributed by atoms with Gasteiger partial charge < -0.3 is 14.8 Å². The van der Waals surface area contributed by atoms with Crippen molar-refractivity contribution in [1.82, 2.24) is 5.32 Å². The lowest BCUT2D eigenvalue weighted by Gasteiger charge is -2.21. The lowest BCUT2D eigenvalue weighted by molar-refractivity contribution is -0.146. The first-order valence-electron chi connectivity index (χ1n) is 6.16. The lowest BCUT2D eigenvalue weighted by atomic mass is 9.96. The number of ether oxygens (including phenoxy) is 2. The topological polar surface area (TPSA) is 47.6 Å². The van der Waals surface area contributed by atoms with Crippen LogP contribution in [-0.4, -0.2) is 38.4 Å². The van der Waals surface area contributed by atoms with Gasteiger partial charge in [-0.15, -0.1) is 0 Å². The van der Waals surface area contributed by atoms with Crippen LogP contribution in [0.5, 0.6) is 0 Å². The van der Waals surface area contributed by atoms with Gasteiger partial charge >= 0.3 is 5.97 Å². The number of hydrogen-bond acceptors (Lipinski definition) is 4. The Morgan fingerprint density at radius 2 is 2.25 bits per heavy atom. The Morgan fingerprint density at radius 3 is 2.88 bits per heavy atom. The molecule has 0 bridgehead atoms. The number of esters is 1. The van der Waals surface area contributed by atoms with Gasteiger partial charge in [-0.2, -0.15) is 0 Å². The third-order valence-corrected chi connectivity index (χ3v) is 2.65. The second-order valence-corrected chi connectivity index (χ2v) is 4.56. The fourth-order valence-corrected chi connectivity index (χ4v) is 1.83. The Morgan fingerprint density at radius 1 is 1.44 bits per heavy atom. The van der Waals surface area contributed by atoms with Crippen LogP contribution in [0.3, 0.4) is 0 Å². The summed E-state index contributed by atoms with van der Waals surface area (Å²) < 4.78 is 10.4. The van der Waals surface area contributed by atoms with E-state index in [1.807, 2.05) is 13.8 Å². The molecule has 0 aromatic carbocycles. The van der Waals surface area contributed by atoms with Crippen molar-refractivity contribution >= 4 is 5.97 Å². The predicted molar refractivity (Wildman–Crippen MR) is 62.3 cm³/mol. The van der Waals surface area contributed by atoms with E-state index in [1.165, 1.54) is 0 Å². The lowest BCUT2D eigenvalue weighted by Crippen LogP contribution is -2.31. The quantitative estimate of drug-likeness (QED) is 0.551. The Bertz CT molecular complexity index is 200. The number of rotatable bonds is 6. The van der Waals surface area contributed by atoms with Gasteiger partial charge in [0.15, 0.2) is 0 Å². The largest absolute Gasteiger partial charge is 0.463 e. The first-order valence-corrected chi connectivity index (χ1v) is 6.16. The molecule has 1 aliphatic rings. The number of carbonyl (C=O) groups excluding carboxylic acids is 1. The number of nitrogens with one attached hydrogen (secondary N) is 1. The van der Waals surface area contributed by atoms with Gasteiger partial charge in [-0.3, -0.25) is 4.79 Å². The van der Waals surface area contributed by atoms with Crippen molar-refractivity contribution in [3.05, 3.63) is 0 Å². The molecular formula is C12H23NO3. The zero-order valence-electron chi connectivity index (χ0n) is 10.3. The summed E-state index contributed by atoms with van der Waals surface area (Å²) in [7, 11) is 0. The van der Waals surface area contributed by atoms with E-state index in [4.69, 9.17) is 9.47 Å². The summed E-state index contributed by atoms with van der Waals surface area (Å²) in [5.41, 5.74) is 0. The molecule has 0 spiro atoms. The Kier molecular flexibility index (Phi) is 6.42. The van der Waals surface area contributed by atoms with E-state index >= 15 is 0 Å². The summed E-state index contributed by atoms with van der Waals surface area (Å²) in [6.45, 7) is 6.82. The van der Waals surface area contributed by atoms with Gasteiger partial charge in [0.05, 0.1) is 12.7 Å². The van der Waals surface area contributed by atoms with E-state index in [9.17, 15) is 4.79 Å². The van der Waals surface area contributed by atoms with Crippen LogP contribution in [0.1, 0.15) is 33.1 Å². The summed E-state index contributed by atoms with van der Waals surface area (Å²) in [6.07, 6.45) is 3.02. The van der Waals surface area contributed by atoms with Crippen molar-refractivity contribution in [2.45, 2.75) is 39.2 Å².